The average Bonchev–Trinajstić information content (AvgIpc) is 2.54. The second-order valence-corrected chi connectivity index (χ2v) is 6.87. The highest BCUT2D eigenvalue weighted by molar-refractivity contribution is 5.76. The van der Waals surface area contributed by atoms with Crippen LogP contribution in [-0.4, -0.2) is 33.9 Å². The summed E-state index contributed by atoms with van der Waals surface area (Å²) in [7, 11) is 0. The molecule has 120 valence electrons. The van der Waals surface area contributed by atoms with Crippen LogP contribution >= 0.6 is 0 Å². The molecule has 0 unspecified atom stereocenters. The first-order valence-electron chi connectivity index (χ1n) is 8.49. The van der Waals surface area contributed by atoms with E-state index in [4.69, 9.17) is 4.98 Å². The number of hydrogen-bond acceptors (Lipinski definition) is 4. The zero-order valence-electron chi connectivity index (χ0n) is 13.6. The van der Waals surface area contributed by atoms with Crippen LogP contribution in [0, 0.1) is 5.92 Å². The first kappa shape index (κ1) is 15.4. The smallest absolute Gasteiger partial charge is 0.223 e. The predicted octanol–water partition coefficient (Wildman–Crippen LogP) is 2.22. The van der Waals surface area contributed by atoms with Gasteiger partial charge in [0.15, 0.2) is 0 Å². The molecule has 3 rings (SSSR count). The minimum Gasteiger partial charge on any atom is -0.338 e. The van der Waals surface area contributed by atoms with E-state index in [-0.39, 0.29) is 5.91 Å². The van der Waals surface area contributed by atoms with Gasteiger partial charge in [0.05, 0.1) is 11.7 Å². The molecule has 2 aliphatic heterocycles. The van der Waals surface area contributed by atoms with Crippen LogP contribution in [0.4, 0.5) is 0 Å². The Morgan fingerprint density at radius 3 is 3.05 bits per heavy atom. The third-order valence-electron chi connectivity index (χ3n) is 4.51. The maximum atomic E-state index is 12.2. The van der Waals surface area contributed by atoms with Gasteiger partial charge in [-0.15, -0.1) is 0 Å². The Balaban J connectivity index is 1.69. The highest BCUT2D eigenvalue weighted by atomic mass is 16.2. The number of rotatable bonds is 3. The summed E-state index contributed by atoms with van der Waals surface area (Å²) >= 11 is 0. The van der Waals surface area contributed by atoms with E-state index in [1.54, 1.807) is 0 Å². The number of nitrogens with zero attached hydrogens (tertiary/aromatic N) is 3. The average molecular weight is 302 g/mol. The largest absolute Gasteiger partial charge is 0.338 e. The van der Waals surface area contributed by atoms with Gasteiger partial charge >= 0.3 is 0 Å². The van der Waals surface area contributed by atoms with Gasteiger partial charge in [0.2, 0.25) is 5.91 Å². The second kappa shape index (κ2) is 6.73. The Morgan fingerprint density at radius 2 is 2.32 bits per heavy atom. The van der Waals surface area contributed by atoms with Crippen LogP contribution in [0.3, 0.4) is 0 Å². The number of carbonyl (C=O) groups excluding carboxylic acids is 1. The summed E-state index contributed by atoms with van der Waals surface area (Å²) in [6, 6.07) is 0.305. The lowest BCUT2D eigenvalue weighted by atomic mass is 10.0. The fourth-order valence-electron chi connectivity index (χ4n) is 3.26. The van der Waals surface area contributed by atoms with E-state index in [9.17, 15) is 4.79 Å². The van der Waals surface area contributed by atoms with Crippen LogP contribution in [0.1, 0.15) is 62.7 Å². The number of amides is 1. The topological polar surface area (TPSA) is 58.1 Å². The molecular formula is C17H26N4O. The van der Waals surface area contributed by atoms with E-state index >= 15 is 0 Å². The van der Waals surface area contributed by atoms with Gasteiger partial charge in [-0.1, -0.05) is 20.3 Å². The quantitative estimate of drug-likeness (QED) is 0.930. The number of piperidine rings is 1. The maximum absolute atomic E-state index is 12.2. The van der Waals surface area contributed by atoms with E-state index in [2.05, 4.69) is 24.1 Å². The molecule has 5 heteroatoms. The van der Waals surface area contributed by atoms with Crippen molar-refractivity contribution in [2.45, 2.75) is 58.5 Å². The van der Waals surface area contributed by atoms with Gasteiger partial charge in [-0.25, -0.2) is 9.97 Å². The number of hydrogen-bond donors (Lipinski definition) is 1. The molecule has 5 nitrogen and oxygen atoms in total. The van der Waals surface area contributed by atoms with Gasteiger partial charge in [-0.3, -0.25) is 4.79 Å². The minimum absolute atomic E-state index is 0.249. The molecule has 1 aromatic rings. The molecular weight excluding hydrogens is 276 g/mol. The van der Waals surface area contributed by atoms with Crippen molar-refractivity contribution in [3.05, 3.63) is 23.3 Å². The summed E-state index contributed by atoms with van der Waals surface area (Å²) in [6.45, 7) is 6.68. The molecule has 1 amide bonds. The minimum atomic E-state index is 0.249. The first-order valence-corrected chi connectivity index (χ1v) is 8.49. The second-order valence-electron chi connectivity index (χ2n) is 6.87. The molecule has 2 aliphatic rings. The Kier molecular flexibility index (Phi) is 4.71. The van der Waals surface area contributed by atoms with Crippen LogP contribution in [0.5, 0.6) is 0 Å². The summed E-state index contributed by atoms with van der Waals surface area (Å²) in [6.07, 6.45) is 7.02. The molecule has 1 saturated heterocycles. The van der Waals surface area contributed by atoms with Gasteiger partial charge in [0, 0.05) is 37.7 Å². The predicted molar refractivity (Wildman–Crippen MR) is 85.2 cm³/mol. The molecule has 1 atom stereocenters. The van der Waals surface area contributed by atoms with E-state index in [1.807, 2.05) is 11.1 Å². The van der Waals surface area contributed by atoms with Crippen molar-refractivity contribution in [2.24, 2.45) is 5.92 Å². The van der Waals surface area contributed by atoms with Crippen LogP contribution < -0.4 is 5.32 Å². The van der Waals surface area contributed by atoms with Gasteiger partial charge in [-0.2, -0.15) is 0 Å². The lowest BCUT2D eigenvalue weighted by Gasteiger charge is -2.30. The van der Waals surface area contributed by atoms with Crippen molar-refractivity contribution in [3.63, 3.8) is 0 Å². The fourth-order valence-corrected chi connectivity index (χ4v) is 3.26. The van der Waals surface area contributed by atoms with Gasteiger partial charge in [0.1, 0.15) is 5.82 Å². The van der Waals surface area contributed by atoms with E-state index in [1.165, 1.54) is 12.8 Å². The van der Waals surface area contributed by atoms with Crippen molar-refractivity contribution in [1.82, 2.24) is 20.2 Å². The number of nitrogens with one attached hydrogen (secondary N) is 1. The Labute approximate surface area is 132 Å². The van der Waals surface area contributed by atoms with Crippen molar-refractivity contribution in [1.29, 1.82) is 0 Å². The fraction of sp³-hybridized carbons (Fsp3) is 0.706. The Hall–Kier alpha value is -1.49. The zero-order valence-corrected chi connectivity index (χ0v) is 13.6. The van der Waals surface area contributed by atoms with Crippen molar-refractivity contribution in [2.75, 3.05) is 13.1 Å². The van der Waals surface area contributed by atoms with Gasteiger partial charge in [-0.05, 0) is 25.3 Å². The molecule has 0 spiro atoms. The lowest BCUT2D eigenvalue weighted by molar-refractivity contribution is -0.132. The van der Waals surface area contributed by atoms with E-state index < -0.39 is 0 Å². The van der Waals surface area contributed by atoms with Crippen LogP contribution in [0.2, 0.25) is 0 Å². The molecule has 0 aliphatic carbocycles. The third-order valence-corrected chi connectivity index (χ3v) is 4.51. The van der Waals surface area contributed by atoms with Crippen LogP contribution in [0.15, 0.2) is 6.20 Å². The number of carbonyl (C=O) groups is 1. The maximum Gasteiger partial charge on any atom is 0.223 e. The molecule has 1 fully saturated rings. The van der Waals surface area contributed by atoms with Crippen LogP contribution in [0.25, 0.3) is 0 Å². The molecule has 0 saturated carbocycles. The van der Waals surface area contributed by atoms with Gasteiger partial charge < -0.3 is 10.2 Å². The normalized spacial score (nSPS) is 21.8. The first-order chi connectivity index (χ1) is 10.6. The lowest BCUT2D eigenvalue weighted by Crippen LogP contribution is -2.37. The molecule has 1 aromatic heterocycles. The summed E-state index contributed by atoms with van der Waals surface area (Å²) in [5.41, 5.74) is 2.24. The monoisotopic (exact) mass is 302 g/mol. The van der Waals surface area contributed by atoms with Crippen molar-refractivity contribution >= 4 is 5.91 Å². The summed E-state index contributed by atoms with van der Waals surface area (Å²) < 4.78 is 0. The highest BCUT2D eigenvalue weighted by Gasteiger charge is 2.24. The summed E-state index contributed by atoms with van der Waals surface area (Å²) in [5.74, 6) is 1.59. The molecule has 0 aromatic carbocycles. The van der Waals surface area contributed by atoms with Crippen molar-refractivity contribution < 1.29 is 4.79 Å². The van der Waals surface area contributed by atoms with E-state index in [0.717, 1.165) is 43.0 Å². The van der Waals surface area contributed by atoms with Crippen molar-refractivity contribution in [3.8, 4) is 0 Å². The standard InChI is InChI=1S/C17H26N4O/c1-12(2)9-16(22)21-8-6-14-13(11-21)10-19-17(20-14)15-5-3-4-7-18-15/h10,12,15,18H,3-9,11H2,1-2H3/t15-/m1/s1. The number of aromatic nitrogens is 2. The molecule has 1 N–H and O–H groups in total. The third kappa shape index (κ3) is 3.46. The molecule has 3 heterocycles. The summed E-state index contributed by atoms with van der Waals surface area (Å²) in [5, 5.41) is 3.50. The zero-order chi connectivity index (χ0) is 15.5. The number of fused-ring (bicyclic) bond motifs is 1. The van der Waals surface area contributed by atoms with Gasteiger partial charge in [0.25, 0.3) is 0 Å². The molecule has 22 heavy (non-hydrogen) atoms. The highest BCUT2D eigenvalue weighted by Crippen LogP contribution is 2.23. The molecule has 0 bridgehead atoms. The SMILES string of the molecule is CC(C)CC(=O)N1CCc2nc([C@H]3CCCCN3)ncc2C1. The van der Waals surface area contributed by atoms with E-state index in [0.29, 0.717) is 24.9 Å². The Morgan fingerprint density at radius 1 is 1.45 bits per heavy atom. The summed E-state index contributed by atoms with van der Waals surface area (Å²) in [4.78, 5) is 23.5. The van der Waals surface area contributed by atoms with Crippen LogP contribution in [-0.2, 0) is 17.8 Å². The molecule has 0 radical (unpaired) electrons. The Bertz CT molecular complexity index is 537.